The van der Waals surface area contributed by atoms with Crippen LogP contribution in [0.25, 0.3) is 0 Å². The minimum atomic E-state index is -1.83. The minimum Gasteiger partial charge on any atom is -0.494 e. The predicted octanol–water partition coefficient (Wildman–Crippen LogP) is -0.0438. The summed E-state index contributed by atoms with van der Waals surface area (Å²) in [6.45, 7) is -0.645. The van der Waals surface area contributed by atoms with E-state index >= 15 is 0 Å². The Bertz CT molecular complexity index is 641. The van der Waals surface area contributed by atoms with Gasteiger partial charge in [-0.3, -0.25) is 9.59 Å². The third-order valence-electron chi connectivity index (χ3n) is 3.97. The van der Waals surface area contributed by atoms with E-state index in [0.29, 0.717) is 18.8 Å². The van der Waals surface area contributed by atoms with Gasteiger partial charge in [-0.25, -0.2) is 9.18 Å². The van der Waals surface area contributed by atoms with E-state index in [2.05, 4.69) is 5.32 Å². The number of hydrogen-bond donors (Lipinski definition) is 3. The molecule has 0 radical (unpaired) electrons. The van der Waals surface area contributed by atoms with Gasteiger partial charge in [0, 0.05) is 6.42 Å². The number of carbonyl (C=O) groups excluding carboxylic acids is 2. The Kier molecular flexibility index (Phi) is 6.90. The van der Waals surface area contributed by atoms with Crippen molar-refractivity contribution in [3.63, 3.8) is 0 Å². The number of halogens is 1. The van der Waals surface area contributed by atoms with Crippen LogP contribution in [-0.4, -0.2) is 70.9 Å². The average Bonchev–Trinajstić information content (AvgIpc) is 2.93. The summed E-state index contributed by atoms with van der Waals surface area (Å²) in [6.07, 6.45) is -3.05. The fourth-order valence-electron chi connectivity index (χ4n) is 2.63. The lowest BCUT2D eigenvalue weighted by Crippen LogP contribution is -2.48. The standard InChI is InChI=1S/C17H21FN2O6/c18-12-10-20(15(16(12)23)17(24)25)14(22)9-19-13(21)7-4-8-26-11-5-2-1-3-6-11/h1-3,5-6,12,15-16,23H,4,7-10H2,(H,19,21)(H,24,25)/t12-,15-,16+/m0/s1. The van der Waals surface area contributed by atoms with Gasteiger partial charge in [-0.1, -0.05) is 18.2 Å². The maximum Gasteiger partial charge on any atom is 0.329 e. The molecule has 1 aromatic carbocycles. The maximum absolute atomic E-state index is 13.5. The first-order valence-corrected chi connectivity index (χ1v) is 8.19. The van der Waals surface area contributed by atoms with Gasteiger partial charge in [0.05, 0.1) is 19.7 Å². The lowest BCUT2D eigenvalue weighted by atomic mass is 10.1. The van der Waals surface area contributed by atoms with E-state index < -0.39 is 49.2 Å². The number of alkyl halides is 1. The number of ether oxygens (including phenoxy) is 1. The summed E-state index contributed by atoms with van der Waals surface area (Å²) >= 11 is 0. The van der Waals surface area contributed by atoms with Crippen molar-refractivity contribution < 1.29 is 33.7 Å². The van der Waals surface area contributed by atoms with Crippen LogP contribution in [0.3, 0.4) is 0 Å². The second-order valence-electron chi connectivity index (χ2n) is 5.88. The zero-order chi connectivity index (χ0) is 19.1. The van der Waals surface area contributed by atoms with Gasteiger partial charge in [-0.2, -0.15) is 0 Å². The molecule has 0 aromatic heterocycles. The van der Waals surface area contributed by atoms with Crippen LogP contribution >= 0.6 is 0 Å². The van der Waals surface area contributed by atoms with Crippen LogP contribution in [0.4, 0.5) is 4.39 Å². The predicted molar refractivity (Wildman–Crippen MR) is 88.2 cm³/mol. The second-order valence-corrected chi connectivity index (χ2v) is 5.88. The number of carbonyl (C=O) groups is 3. The third-order valence-corrected chi connectivity index (χ3v) is 3.97. The van der Waals surface area contributed by atoms with Gasteiger partial charge in [-0.05, 0) is 18.6 Å². The summed E-state index contributed by atoms with van der Waals surface area (Å²) in [6, 6.07) is 7.45. The summed E-state index contributed by atoms with van der Waals surface area (Å²) in [4.78, 5) is 35.6. The molecule has 0 bridgehead atoms. The highest BCUT2D eigenvalue weighted by Crippen LogP contribution is 2.21. The Morgan fingerprint density at radius 1 is 1.27 bits per heavy atom. The zero-order valence-corrected chi connectivity index (χ0v) is 14.0. The highest BCUT2D eigenvalue weighted by Gasteiger charge is 2.47. The van der Waals surface area contributed by atoms with Crippen molar-refractivity contribution in [2.75, 3.05) is 19.7 Å². The van der Waals surface area contributed by atoms with E-state index in [-0.39, 0.29) is 6.42 Å². The number of carboxylic acids is 1. The third kappa shape index (κ3) is 5.16. The van der Waals surface area contributed by atoms with Gasteiger partial charge >= 0.3 is 5.97 Å². The number of carboxylic acid groups (broad SMARTS) is 1. The van der Waals surface area contributed by atoms with Gasteiger partial charge in [0.1, 0.15) is 18.0 Å². The number of aliphatic hydroxyl groups is 1. The van der Waals surface area contributed by atoms with Gasteiger partial charge in [0.2, 0.25) is 11.8 Å². The lowest BCUT2D eigenvalue weighted by Gasteiger charge is -2.22. The van der Waals surface area contributed by atoms with E-state index in [4.69, 9.17) is 9.84 Å². The summed E-state index contributed by atoms with van der Waals surface area (Å²) in [7, 11) is 0. The minimum absolute atomic E-state index is 0.122. The van der Waals surface area contributed by atoms with Crippen LogP contribution in [0.15, 0.2) is 30.3 Å². The molecule has 8 nitrogen and oxygen atoms in total. The van der Waals surface area contributed by atoms with E-state index in [1.165, 1.54) is 0 Å². The number of benzene rings is 1. The molecule has 3 atom stereocenters. The van der Waals surface area contributed by atoms with E-state index in [0.717, 1.165) is 4.90 Å². The molecule has 1 aromatic rings. The molecule has 2 rings (SSSR count). The molecule has 26 heavy (non-hydrogen) atoms. The average molecular weight is 368 g/mol. The summed E-state index contributed by atoms with van der Waals surface area (Å²) in [5.41, 5.74) is 0. The van der Waals surface area contributed by atoms with Crippen molar-refractivity contribution in [2.45, 2.75) is 31.2 Å². The molecule has 0 aliphatic carbocycles. The van der Waals surface area contributed by atoms with Crippen molar-refractivity contribution in [1.82, 2.24) is 10.2 Å². The van der Waals surface area contributed by atoms with E-state index in [9.17, 15) is 23.9 Å². The van der Waals surface area contributed by atoms with Crippen molar-refractivity contribution in [3.8, 4) is 5.75 Å². The monoisotopic (exact) mass is 368 g/mol. The molecule has 1 aliphatic rings. The van der Waals surface area contributed by atoms with Crippen LogP contribution in [0.1, 0.15) is 12.8 Å². The SMILES string of the molecule is O=C(CCCOc1ccccc1)NCC(=O)N1C[C@H](F)[C@@H](O)[C@H]1C(=O)O. The summed E-state index contributed by atoms with van der Waals surface area (Å²) in [5, 5.41) is 20.9. The van der Waals surface area contributed by atoms with Gasteiger partial charge in [0.25, 0.3) is 0 Å². The number of aliphatic carboxylic acids is 1. The molecular formula is C17H21FN2O6. The van der Waals surface area contributed by atoms with Gasteiger partial charge in [-0.15, -0.1) is 0 Å². The molecule has 0 spiro atoms. The molecule has 1 heterocycles. The van der Waals surface area contributed by atoms with Crippen LogP contribution in [0.5, 0.6) is 5.75 Å². The first-order valence-electron chi connectivity index (χ1n) is 8.19. The van der Waals surface area contributed by atoms with E-state index in [1.807, 2.05) is 18.2 Å². The van der Waals surface area contributed by atoms with Crippen LogP contribution < -0.4 is 10.1 Å². The van der Waals surface area contributed by atoms with Crippen LogP contribution in [0.2, 0.25) is 0 Å². The number of nitrogens with one attached hydrogen (secondary N) is 1. The normalized spacial score (nSPS) is 22.1. The van der Waals surface area contributed by atoms with E-state index in [1.54, 1.807) is 12.1 Å². The molecule has 0 unspecified atom stereocenters. The number of amides is 2. The van der Waals surface area contributed by atoms with Crippen molar-refractivity contribution in [1.29, 1.82) is 0 Å². The number of para-hydroxylation sites is 1. The van der Waals surface area contributed by atoms with Gasteiger partial charge in [0.15, 0.2) is 6.04 Å². The lowest BCUT2D eigenvalue weighted by molar-refractivity contribution is -0.151. The van der Waals surface area contributed by atoms with Crippen LogP contribution in [-0.2, 0) is 14.4 Å². The number of rotatable bonds is 8. The van der Waals surface area contributed by atoms with Crippen molar-refractivity contribution >= 4 is 17.8 Å². The first-order chi connectivity index (χ1) is 12.4. The topological polar surface area (TPSA) is 116 Å². The fourth-order valence-corrected chi connectivity index (χ4v) is 2.63. The summed E-state index contributed by atoms with van der Waals surface area (Å²) < 4.78 is 18.9. The molecule has 142 valence electrons. The van der Waals surface area contributed by atoms with Gasteiger partial charge < -0.3 is 25.2 Å². The highest BCUT2D eigenvalue weighted by molar-refractivity contribution is 5.88. The second kappa shape index (κ2) is 9.14. The molecule has 2 amide bonds. The molecule has 0 saturated carbocycles. The summed E-state index contributed by atoms with van der Waals surface area (Å²) in [5.74, 6) is -1.96. The number of nitrogens with zero attached hydrogens (tertiary/aromatic N) is 1. The Labute approximate surface area is 149 Å². The largest absolute Gasteiger partial charge is 0.494 e. The van der Waals surface area contributed by atoms with Crippen molar-refractivity contribution in [2.24, 2.45) is 0 Å². The Balaban J connectivity index is 1.69. The zero-order valence-electron chi connectivity index (χ0n) is 14.0. The number of hydrogen-bond acceptors (Lipinski definition) is 5. The smallest absolute Gasteiger partial charge is 0.329 e. The molecule has 1 saturated heterocycles. The molecule has 1 fully saturated rings. The molecule has 9 heteroatoms. The number of likely N-dealkylation sites (tertiary alicyclic amines) is 1. The Hall–Kier alpha value is -2.68. The number of aliphatic hydroxyl groups excluding tert-OH is 1. The first kappa shape index (κ1) is 19.6. The molecular weight excluding hydrogens is 347 g/mol. The quantitative estimate of drug-likeness (QED) is 0.555. The van der Waals surface area contributed by atoms with Crippen molar-refractivity contribution in [3.05, 3.63) is 30.3 Å². The fraction of sp³-hybridized carbons (Fsp3) is 0.471. The van der Waals surface area contributed by atoms with Crippen LogP contribution in [0, 0.1) is 0 Å². The molecule has 1 aliphatic heterocycles. The maximum atomic E-state index is 13.5. The molecule has 3 N–H and O–H groups in total. The Morgan fingerprint density at radius 2 is 1.96 bits per heavy atom. The highest BCUT2D eigenvalue weighted by atomic mass is 19.1. The Morgan fingerprint density at radius 3 is 2.62 bits per heavy atom.